The number of halogens is 1. The van der Waals surface area contributed by atoms with E-state index in [0.717, 1.165) is 26.5 Å². The molecule has 3 heterocycles. The van der Waals surface area contributed by atoms with Crippen molar-refractivity contribution in [3.05, 3.63) is 77.1 Å². The zero-order valence-electron chi connectivity index (χ0n) is 16.6. The Morgan fingerprint density at radius 2 is 1.70 bits per heavy atom. The highest BCUT2D eigenvalue weighted by atomic mass is 32.1. The fourth-order valence-electron chi connectivity index (χ4n) is 3.91. The van der Waals surface area contributed by atoms with Crippen LogP contribution in [0.2, 0.25) is 0 Å². The van der Waals surface area contributed by atoms with Gasteiger partial charge in [-0.1, -0.05) is 30.3 Å². The highest BCUT2D eigenvalue weighted by Crippen LogP contribution is 2.31. The molecule has 2 aromatic heterocycles. The van der Waals surface area contributed by atoms with E-state index in [9.17, 15) is 9.18 Å². The van der Waals surface area contributed by atoms with E-state index in [1.165, 1.54) is 17.4 Å². The first-order valence-electron chi connectivity index (χ1n) is 9.95. The molecule has 1 saturated heterocycles. The van der Waals surface area contributed by atoms with Crippen molar-refractivity contribution in [1.29, 1.82) is 0 Å². The largest absolute Gasteiger partial charge is 0.366 e. The maximum atomic E-state index is 14.1. The molecule has 4 aromatic rings. The Hall–Kier alpha value is -3.19. The highest BCUT2D eigenvalue weighted by molar-refractivity contribution is 7.20. The number of aromatic nitrogens is 2. The first-order valence-corrected chi connectivity index (χ1v) is 10.8. The normalized spacial score (nSPS) is 14.5. The number of thiophene rings is 1. The van der Waals surface area contributed by atoms with Crippen LogP contribution < -0.4 is 4.90 Å². The summed E-state index contributed by atoms with van der Waals surface area (Å²) in [5.74, 6) is -0.189. The Bertz CT molecular complexity index is 1210. The lowest BCUT2D eigenvalue weighted by Gasteiger charge is -2.36. The molecular weight excluding hydrogens is 399 g/mol. The number of amides is 1. The van der Waals surface area contributed by atoms with Crippen molar-refractivity contribution in [3.8, 4) is 5.69 Å². The summed E-state index contributed by atoms with van der Waals surface area (Å²) in [6.07, 6.45) is 0. The van der Waals surface area contributed by atoms with Crippen molar-refractivity contribution in [2.45, 2.75) is 6.92 Å². The minimum Gasteiger partial charge on any atom is -0.366 e. The van der Waals surface area contributed by atoms with Crippen LogP contribution in [0.25, 0.3) is 15.9 Å². The lowest BCUT2D eigenvalue weighted by Crippen LogP contribution is -2.48. The van der Waals surface area contributed by atoms with Gasteiger partial charge >= 0.3 is 0 Å². The number of hydrogen-bond donors (Lipinski definition) is 0. The maximum Gasteiger partial charge on any atom is 0.264 e. The molecule has 0 aliphatic carbocycles. The van der Waals surface area contributed by atoms with Crippen molar-refractivity contribution in [2.75, 3.05) is 31.1 Å². The average molecular weight is 421 g/mol. The number of fused-ring (bicyclic) bond motifs is 1. The Labute approximate surface area is 178 Å². The summed E-state index contributed by atoms with van der Waals surface area (Å²) in [7, 11) is 0. The molecule has 30 heavy (non-hydrogen) atoms. The molecule has 0 unspecified atom stereocenters. The molecule has 1 amide bonds. The van der Waals surface area contributed by atoms with Crippen LogP contribution in [0.1, 0.15) is 15.4 Å². The Morgan fingerprint density at radius 3 is 2.43 bits per heavy atom. The number of nitrogens with zero attached hydrogens (tertiary/aromatic N) is 4. The van der Waals surface area contributed by atoms with Crippen molar-refractivity contribution >= 4 is 33.1 Å². The summed E-state index contributed by atoms with van der Waals surface area (Å²) >= 11 is 1.48. The van der Waals surface area contributed by atoms with E-state index < -0.39 is 0 Å². The molecular formula is C23H21FN4OS. The van der Waals surface area contributed by atoms with Crippen LogP contribution in [0.4, 0.5) is 10.1 Å². The van der Waals surface area contributed by atoms with Gasteiger partial charge in [-0.15, -0.1) is 11.3 Å². The van der Waals surface area contributed by atoms with Crippen LogP contribution in [0.15, 0.2) is 60.7 Å². The smallest absolute Gasteiger partial charge is 0.264 e. The third kappa shape index (κ3) is 3.25. The topological polar surface area (TPSA) is 41.4 Å². The molecule has 5 nitrogen and oxygen atoms in total. The highest BCUT2D eigenvalue weighted by Gasteiger charge is 2.26. The zero-order chi connectivity index (χ0) is 20.7. The van der Waals surface area contributed by atoms with Gasteiger partial charge in [0.25, 0.3) is 5.91 Å². The van der Waals surface area contributed by atoms with Crippen molar-refractivity contribution in [2.24, 2.45) is 0 Å². The predicted molar refractivity (Wildman–Crippen MR) is 118 cm³/mol. The fraction of sp³-hybridized carbons (Fsp3) is 0.217. The molecule has 1 aliphatic rings. The van der Waals surface area contributed by atoms with E-state index in [2.05, 4.69) is 5.10 Å². The molecule has 1 aliphatic heterocycles. The number of anilines is 1. The predicted octanol–water partition coefficient (Wildman–Crippen LogP) is 4.50. The van der Waals surface area contributed by atoms with Gasteiger partial charge in [-0.3, -0.25) is 4.79 Å². The molecule has 0 N–H and O–H groups in total. The van der Waals surface area contributed by atoms with E-state index in [0.29, 0.717) is 31.9 Å². The summed E-state index contributed by atoms with van der Waals surface area (Å²) in [5.41, 5.74) is 2.49. The molecule has 0 atom stereocenters. The molecule has 5 rings (SSSR count). The van der Waals surface area contributed by atoms with E-state index in [1.807, 2.05) is 63.9 Å². The van der Waals surface area contributed by atoms with E-state index in [-0.39, 0.29) is 11.7 Å². The van der Waals surface area contributed by atoms with Crippen LogP contribution in [0, 0.1) is 12.7 Å². The SMILES string of the molecule is Cc1nn(-c2ccccc2)c2sc(C(=O)N3CCN(c4ccccc4F)CC3)cc12. The van der Waals surface area contributed by atoms with Crippen LogP contribution >= 0.6 is 11.3 Å². The average Bonchev–Trinajstić information content (AvgIpc) is 3.35. The monoisotopic (exact) mass is 420 g/mol. The van der Waals surface area contributed by atoms with Gasteiger partial charge < -0.3 is 9.80 Å². The van der Waals surface area contributed by atoms with Gasteiger partial charge in [-0.2, -0.15) is 5.10 Å². The Balaban J connectivity index is 1.36. The third-order valence-electron chi connectivity index (χ3n) is 5.52. The van der Waals surface area contributed by atoms with E-state index >= 15 is 0 Å². The molecule has 0 spiro atoms. The van der Waals surface area contributed by atoms with Crippen LogP contribution in [-0.4, -0.2) is 46.8 Å². The Morgan fingerprint density at radius 1 is 1.00 bits per heavy atom. The summed E-state index contributed by atoms with van der Waals surface area (Å²) in [6, 6.07) is 18.7. The molecule has 1 fully saturated rings. The number of para-hydroxylation sites is 2. The van der Waals surface area contributed by atoms with Gasteiger partial charge in [0.15, 0.2) is 0 Å². The molecule has 0 saturated carbocycles. The van der Waals surface area contributed by atoms with E-state index in [1.54, 1.807) is 12.1 Å². The van der Waals surface area contributed by atoms with E-state index in [4.69, 9.17) is 0 Å². The van der Waals surface area contributed by atoms with Gasteiger partial charge in [0, 0.05) is 31.6 Å². The standard InChI is InChI=1S/C23H21FN4OS/c1-16-18-15-21(30-23(18)28(25-16)17-7-3-2-4-8-17)22(29)27-13-11-26(12-14-27)20-10-6-5-9-19(20)24/h2-10,15H,11-14H2,1H3. The second kappa shape index (κ2) is 7.57. The first-order chi connectivity index (χ1) is 14.6. The molecule has 2 aromatic carbocycles. The molecule has 0 radical (unpaired) electrons. The van der Waals surface area contributed by atoms with Gasteiger partial charge in [0.2, 0.25) is 0 Å². The molecule has 152 valence electrons. The Kier molecular flexibility index (Phi) is 4.75. The number of aryl methyl sites for hydroxylation is 1. The summed E-state index contributed by atoms with van der Waals surface area (Å²) in [6.45, 7) is 4.36. The van der Waals surface area contributed by atoms with Gasteiger partial charge in [0.1, 0.15) is 10.6 Å². The number of rotatable bonds is 3. The zero-order valence-corrected chi connectivity index (χ0v) is 17.4. The van der Waals surface area contributed by atoms with Gasteiger partial charge in [-0.05, 0) is 37.3 Å². The first kappa shape index (κ1) is 18.8. The minimum atomic E-state index is -0.220. The summed E-state index contributed by atoms with van der Waals surface area (Å²) in [5, 5.41) is 5.66. The number of carbonyl (C=O) groups excluding carboxylic acids is 1. The maximum absolute atomic E-state index is 14.1. The van der Waals surface area contributed by atoms with Gasteiger partial charge in [-0.25, -0.2) is 9.07 Å². The number of piperazine rings is 1. The number of hydrogen-bond acceptors (Lipinski definition) is 4. The quantitative estimate of drug-likeness (QED) is 0.490. The lowest BCUT2D eigenvalue weighted by molar-refractivity contribution is 0.0751. The third-order valence-corrected chi connectivity index (χ3v) is 6.61. The summed E-state index contributed by atoms with van der Waals surface area (Å²) in [4.78, 5) is 18.7. The fourth-order valence-corrected chi connectivity index (χ4v) is 5.06. The van der Waals surface area contributed by atoms with Crippen molar-refractivity contribution in [1.82, 2.24) is 14.7 Å². The van der Waals surface area contributed by atoms with Gasteiger partial charge in [0.05, 0.1) is 21.9 Å². The van der Waals surface area contributed by atoms with Crippen molar-refractivity contribution in [3.63, 3.8) is 0 Å². The second-order valence-electron chi connectivity index (χ2n) is 7.39. The van der Waals surface area contributed by atoms with Crippen LogP contribution in [0.3, 0.4) is 0 Å². The summed E-state index contributed by atoms with van der Waals surface area (Å²) < 4.78 is 16.0. The van der Waals surface area contributed by atoms with Crippen molar-refractivity contribution < 1.29 is 9.18 Å². The lowest BCUT2D eigenvalue weighted by atomic mass is 10.2. The second-order valence-corrected chi connectivity index (χ2v) is 8.42. The number of benzene rings is 2. The number of carbonyl (C=O) groups is 1. The molecule has 7 heteroatoms. The van der Waals surface area contributed by atoms with Crippen LogP contribution in [-0.2, 0) is 0 Å². The molecule has 0 bridgehead atoms. The minimum absolute atomic E-state index is 0.0309. The van der Waals surface area contributed by atoms with Crippen LogP contribution in [0.5, 0.6) is 0 Å².